The second-order valence-electron chi connectivity index (χ2n) is 9.45. The minimum Gasteiger partial charge on any atom is -0.412 e. The molecule has 366 valence electrons. The molecule has 0 aliphatic rings. The number of aliphatic hydroxyl groups is 2. The summed E-state index contributed by atoms with van der Waals surface area (Å²) in [4.78, 5) is 44.8. The van der Waals surface area contributed by atoms with Crippen LogP contribution in [0, 0.1) is 141 Å². The van der Waals surface area contributed by atoms with Crippen molar-refractivity contribution >= 4 is 11.6 Å². The summed E-state index contributed by atoms with van der Waals surface area (Å²) in [7, 11) is 0. The number of Topliss-reactive ketones (excluding diaryl/α,β-unsaturated/α-hetero) is 2. The number of nitrogens with zero attached hydrogens (tertiary/aromatic N) is 3. The Morgan fingerprint density at radius 3 is 0.741 bits per heavy atom. The topological polar surface area (TPSA) is 454 Å². The first-order valence-corrected chi connectivity index (χ1v) is 13.0. The summed E-state index contributed by atoms with van der Waals surface area (Å²) < 4.78 is 137. The average Bonchev–Trinajstić information content (AvgIpc) is 2.81. The molecule has 0 heterocycles. The van der Waals surface area contributed by atoms with Crippen molar-refractivity contribution in [1.82, 2.24) is 0 Å². The third-order valence-corrected chi connectivity index (χ3v) is 3.89. The van der Waals surface area contributed by atoms with Crippen molar-refractivity contribution in [3.05, 3.63) is 30.3 Å². The van der Waals surface area contributed by atoms with E-state index in [0.717, 1.165) is 11.8 Å². The van der Waals surface area contributed by atoms with Gasteiger partial charge in [-0.05, 0) is 11.8 Å². The van der Waals surface area contributed by atoms with Gasteiger partial charge in [0.2, 0.25) is 11.6 Å². The Bertz CT molecular complexity index is 845. The molecule has 0 bridgehead atoms. The molecule has 0 rings (SSSR count). The molecule has 0 saturated carbocycles. The fraction of sp³-hybridized carbons (Fsp3) is 0.909. The Kier molecular flexibility index (Phi) is 94.3. The molecule has 17 N–H and O–H groups in total. The summed E-state index contributed by atoms with van der Waals surface area (Å²) in [5.41, 5.74) is 0. The van der Waals surface area contributed by atoms with Crippen molar-refractivity contribution < 1.29 is 235 Å². The van der Waals surface area contributed by atoms with Gasteiger partial charge in [-0.3, -0.25) is 9.59 Å². The van der Waals surface area contributed by atoms with Crippen LogP contribution in [0.4, 0.5) is 52.7 Å². The van der Waals surface area contributed by atoms with E-state index in [9.17, 15) is 62.3 Å². The maximum Gasteiger partial charge on any atom is 0.450 e. The monoisotopic (exact) mass is 1200 g/mol. The van der Waals surface area contributed by atoms with Gasteiger partial charge in [0, 0.05) is 105 Å². The van der Waals surface area contributed by atoms with Crippen LogP contribution in [0.25, 0.3) is 0 Å². The molecular weight excluding hydrogens is 1140 g/mol. The van der Waals surface area contributed by atoms with Gasteiger partial charge in [0.1, 0.15) is 0 Å². The van der Waals surface area contributed by atoms with Gasteiger partial charge in [-0.2, -0.15) is 52.7 Å². The first-order valence-electron chi connectivity index (χ1n) is 13.0. The molecule has 0 spiro atoms. The third kappa shape index (κ3) is 117. The molecule has 2 unspecified atom stereocenters. The molecule has 36 heteroatoms. The average molecular weight is 1190 g/mol. The Hall–Kier alpha value is -1.05. The van der Waals surface area contributed by atoms with Crippen LogP contribution in [0.5, 0.6) is 0 Å². The van der Waals surface area contributed by atoms with Crippen LogP contribution >= 0.6 is 0 Å². The molecule has 0 fully saturated rings. The number of hydrogen-bond donors (Lipinski definition) is 5. The zero-order chi connectivity index (χ0) is 42.4. The third-order valence-electron chi connectivity index (χ3n) is 3.89. The van der Waals surface area contributed by atoms with E-state index in [0.29, 0.717) is 0 Å². The second-order valence-corrected chi connectivity index (χ2v) is 9.45. The maximum atomic E-state index is 11.5. The van der Waals surface area contributed by atoms with E-state index >= 15 is 0 Å². The van der Waals surface area contributed by atoms with Crippen molar-refractivity contribution in [2.45, 2.75) is 117 Å². The van der Waals surface area contributed by atoms with Crippen molar-refractivity contribution in [2.75, 3.05) is 0 Å². The summed E-state index contributed by atoms with van der Waals surface area (Å²) in [5.74, 6) is -3.60. The van der Waals surface area contributed by atoms with Crippen molar-refractivity contribution in [2.24, 2.45) is 11.8 Å². The molecule has 0 aromatic heterocycles. The van der Waals surface area contributed by atoms with Gasteiger partial charge >= 0.3 is 24.7 Å². The molecule has 0 aromatic rings. The fourth-order valence-corrected chi connectivity index (χ4v) is 1.98. The summed E-state index contributed by atoms with van der Waals surface area (Å²) in [6.45, 7) is 13.5. The molecule has 2 atom stereocenters. The van der Waals surface area contributed by atoms with Crippen LogP contribution in [0.2, 0.25) is 0 Å². The van der Waals surface area contributed by atoms with Crippen molar-refractivity contribution in [3.63, 3.8) is 0 Å². The number of aliphatic hydroxyl groups excluding tert-OH is 2. The minimum absolute atomic E-state index is 0. The van der Waals surface area contributed by atoms with Gasteiger partial charge in [-0.1, -0.05) is 67.2 Å². The number of alkyl halides is 12. The van der Waals surface area contributed by atoms with E-state index in [4.69, 9.17) is 56.2 Å². The number of ketones is 2. The molecule has 0 amide bonds. The summed E-state index contributed by atoms with van der Waals surface area (Å²) in [6, 6.07) is 0. The van der Waals surface area contributed by atoms with Gasteiger partial charge in [-0.25, -0.2) is 0 Å². The van der Waals surface area contributed by atoms with Gasteiger partial charge in [-0.15, -0.1) is 30.3 Å². The molecule has 0 aromatic carbocycles. The van der Waals surface area contributed by atoms with E-state index in [2.05, 4.69) is 41.5 Å². The zero-order valence-corrected chi connectivity index (χ0v) is 35.5. The van der Waals surface area contributed by atoms with E-state index in [1.807, 2.05) is 0 Å². The molecule has 0 aliphatic heterocycles. The Morgan fingerprint density at radius 1 is 0.517 bits per heavy atom. The summed E-state index contributed by atoms with van der Waals surface area (Å²) in [6.07, 6.45) is -26.0. The SMILES string of the molecule is CCCC(C)C.CCCC(C)C.O.O.O.O.O.O.O=C(CC(=O)C(F)(F)F)C(F)(F)F.O=[N+]([O-])O.O=[N+]([O-])O.O=[N+]([O-])O.OC(CC(O)C(F)(F)F)C(F)(F)F.[Eu].[Eu]. The molecule has 58 heavy (non-hydrogen) atoms. The molecular formula is C22H51Eu2F12N3O19. The van der Waals surface area contributed by atoms with Crippen LogP contribution in [0.15, 0.2) is 0 Å². The number of carbonyl (C=O) groups is 2. The Labute approximate surface area is 402 Å². The van der Waals surface area contributed by atoms with Crippen molar-refractivity contribution in [3.8, 4) is 0 Å². The second kappa shape index (κ2) is 54.0. The molecule has 2 radical (unpaired) electrons. The summed E-state index contributed by atoms with van der Waals surface area (Å²) in [5, 5.41) is 57.2. The van der Waals surface area contributed by atoms with Crippen LogP contribution in [-0.4, -0.2) is 122 Å². The number of halogens is 12. The first kappa shape index (κ1) is 101. The van der Waals surface area contributed by atoms with Crippen LogP contribution in [0.3, 0.4) is 0 Å². The smallest absolute Gasteiger partial charge is 0.412 e. The van der Waals surface area contributed by atoms with Crippen molar-refractivity contribution in [1.29, 1.82) is 0 Å². The largest absolute Gasteiger partial charge is 0.450 e. The van der Waals surface area contributed by atoms with E-state index < -0.39 is 76.6 Å². The van der Waals surface area contributed by atoms with Gasteiger partial charge in [0.25, 0.3) is 15.3 Å². The van der Waals surface area contributed by atoms with Gasteiger partial charge in [0.05, 0.1) is 6.42 Å². The molecule has 22 nitrogen and oxygen atoms in total. The van der Waals surface area contributed by atoms with E-state index in [1.54, 1.807) is 0 Å². The molecule has 0 aliphatic carbocycles. The maximum absolute atomic E-state index is 11.5. The van der Waals surface area contributed by atoms with E-state index in [-0.39, 0.29) is 132 Å². The predicted molar refractivity (Wildman–Crippen MR) is 163 cm³/mol. The Morgan fingerprint density at radius 2 is 0.672 bits per heavy atom. The van der Waals surface area contributed by atoms with Gasteiger partial charge in [0.15, 0.2) is 12.2 Å². The van der Waals surface area contributed by atoms with E-state index in [1.165, 1.54) is 25.7 Å². The standard InChI is InChI=1S/2C6H14.C5H6F6O2.C5H2F6O2.2Eu.3HNO3.6H2O/c2*1-4-5-6(2)3;2*6-4(7,8)2(12)1-3(13)5(9,10)11;;;3*2-1(3)4;;;;;;/h2*6H,4-5H2,1-3H3;2-3,12-13H,1H2;1H2;;;3*(H,2,3,4);6*1H2. The Balaban J connectivity index is -0.0000000295. The number of carbonyl (C=O) groups excluding carboxylic acids is 2. The van der Waals surface area contributed by atoms with Crippen LogP contribution in [-0.2, 0) is 9.59 Å². The minimum atomic E-state index is -5.40. The fourth-order valence-electron chi connectivity index (χ4n) is 1.98. The van der Waals surface area contributed by atoms with Gasteiger partial charge < -0.3 is 58.7 Å². The quantitative estimate of drug-likeness (QED) is 0.100. The zero-order valence-electron chi connectivity index (χ0n) is 30.7. The first-order chi connectivity index (χ1) is 21.8. The normalized spacial score (nSPS) is 10.3. The summed E-state index contributed by atoms with van der Waals surface area (Å²) >= 11 is 0. The predicted octanol–water partition coefficient (Wildman–Crippen LogP) is 1.76. The van der Waals surface area contributed by atoms with Crippen LogP contribution in [0.1, 0.15) is 80.1 Å². The number of rotatable bonds is 8. The van der Waals surface area contributed by atoms with Crippen LogP contribution < -0.4 is 0 Å². The molecule has 0 saturated heterocycles. The number of hydrogen-bond acceptors (Lipinski definition) is 10.